The fourth-order valence-corrected chi connectivity index (χ4v) is 1.52. The van der Waals surface area contributed by atoms with Crippen molar-refractivity contribution in [1.29, 1.82) is 0 Å². The number of aryl methyl sites for hydroxylation is 1. The van der Waals surface area contributed by atoms with Crippen LogP contribution < -0.4 is 10.6 Å². The summed E-state index contributed by atoms with van der Waals surface area (Å²) < 4.78 is 0. The highest BCUT2D eigenvalue weighted by Crippen LogP contribution is 2.01. The molecule has 0 aliphatic heterocycles. The van der Waals surface area contributed by atoms with E-state index in [1.807, 2.05) is 39.0 Å². The predicted molar refractivity (Wildman–Crippen MR) is 71.1 cm³/mol. The van der Waals surface area contributed by atoms with E-state index < -0.39 is 0 Å². The van der Waals surface area contributed by atoms with Crippen LogP contribution in [0, 0.1) is 0 Å². The van der Waals surface area contributed by atoms with Gasteiger partial charge in [-0.25, -0.2) is 4.79 Å². The van der Waals surface area contributed by atoms with Crippen LogP contribution in [0.25, 0.3) is 0 Å². The third kappa shape index (κ3) is 6.61. The lowest BCUT2D eigenvalue weighted by atomic mass is 10.1. The molecular formula is C14H22N2O. The second-order valence-electron chi connectivity index (χ2n) is 5.22. The summed E-state index contributed by atoms with van der Waals surface area (Å²) in [4.78, 5) is 11.4. The fraction of sp³-hybridized carbons (Fsp3) is 0.500. The number of urea groups is 1. The molecule has 0 atom stereocenters. The molecule has 0 unspecified atom stereocenters. The van der Waals surface area contributed by atoms with Gasteiger partial charge in [0.2, 0.25) is 0 Å². The monoisotopic (exact) mass is 234 g/mol. The van der Waals surface area contributed by atoms with E-state index in [1.54, 1.807) is 0 Å². The van der Waals surface area contributed by atoms with Gasteiger partial charge in [0.25, 0.3) is 0 Å². The van der Waals surface area contributed by atoms with Crippen LogP contribution >= 0.6 is 0 Å². The quantitative estimate of drug-likeness (QED) is 0.773. The Balaban J connectivity index is 2.14. The van der Waals surface area contributed by atoms with E-state index in [0.717, 1.165) is 12.8 Å². The Bertz CT molecular complexity index is 341. The minimum atomic E-state index is -0.177. The standard InChI is InChI=1S/C14H22N2O/c1-14(2,3)16-13(17)15-11-7-10-12-8-5-4-6-9-12/h4-6,8-9H,7,10-11H2,1-3H3,(H2,15,16,17). The summed E-state index contributed by atoms with van der Waals surface area (Å²) in [5.41, 5.74) is 1.13. The van der Waals surface area contributed by atoms with Crippen molar-refractivity contribution in [3.05, 3.63) is 35.9 Å². The van der Waals surface area contributed by atoms with Crippen molar-refractivity contribution in [2.24, 2.45) is 0 Å². The summed E-state index contributed by atoms with van der Waals surface area (Å²) in [5.74, 6) is 0. The van der Waals surface area contributed by atoms with Crippen LogP contribution in [-0.4, -0.2) is 18.1 Å². The van der Waals surface area contributed by atoms with Crippen molar-refractivity contribution in [3.63, 3.8) is 0 Å². The van der Waals surface area contributed by atoms with E-state index in [-0.39, 0.29) is 11.6 Å². The molecule has 0 aliphatic rings. The molecule has 0 saturated carbocycles. The van der Waals surface area contributed by atoms with Gasteiger partial charge < -0.3 is 10.6 Å². The van der Waals surface area contributed by atoms with Gasteiger partial charge in [0.1, 0.15) is 0 Å². The Morgan fingerprint density at radius 1 is 1.18 bits per heavy atom. The average Bonchev–Trinajstić information content (AvgIpc) is 2.23. The maximum Gasteiger partial charge on any atom is 0.315 e. The highest BCUT2D eigenvalue weighted by atomic mass is 16.2. The molecule has 1 aromatic carbocycles. The lowest BCUT2D eigenvalue weighted by Gasteiger charge is -2.20. The van der Waals surface area contributed by atoms with Crippen LogP contribution in [0.3, 0.4) is 0 Å². The van der Waals surface area contributed by atoms with Gasteiger partial charge in [-0.1, -0.05) is 30.3 Å². The maximum absolute atomic E-state index is 11.4. The van der Waals surface area contributed by atoms with E-state index in [2.05, 4.69) is 22.8 Å². The molecule has 1 rings (SSSR count). The minimum Gasteiger partial charge on any atom is -0.338 e. The average molecular weight is 234 g/mol. The van der Waals surface area contributed by atoms with E-state index in [4.69, 9.17) is 0 Å². The Morgan fingerprint density at radius 3 is 2.41 bits per heavy atom. The number of rotatable bonds is 4. The van der Waals surface area contributed by atoms with E-state index in [9.17, 15) is 4.79 Å². The van der Waals surface area contributed by atoms with Crippen LogP contribution in [0.5, 0.6) is 0 Å². The number of benzene rings is 1. The zero-order valence-corrected chi connectivity index (χ0v) is 10.9. The molecule has 0 bridgehead atoms. The van der Waals surface area contributed by atoms with E-state index >= 15 is 0 Å². The second kappa shape index (κ2) is 6.28. The molecule has 0 aliphatic carbocycles. The molecule has 2 N–H and O–H groups in total. The predicted octanol–water partition coefficient (Wildman–Crippen LogP) is 2.72. The maximum atomic E-state index is 11.4. The van der Waals surface area contributed by atoms with Crippen molar-refractivity contribution in [1.82, 2.24) is 10.6 Å². The van der Waals surface area contributed by atoms with Gasteiger partial charge in [0.15, 0.2) is 0 Å². The largest absolute Gasteiger partial charge is 0.338 e. The molecule has 0 spiro atoms. The topological polar surface area (TPSA) is 41.1 Å². The first kappa shape index (κ1) is 13.6. The smallest absolute Gasteiger partial charge is 0.315 e. The minimum absolute atomic E-state index is 0.0921. The molecule has 1 aromatic rings. The first-order valence-electron chi connectivity index (χ1n) is 6.07. The van der Waals surface area contributed by atoms with Crippen LogP contribution in [0.15, 0.2) is 30.3 Å². The summed E-state index contributed by atoms with van der Waals surface area (Å²) >= 11 is 0. The normalized spacial score (nSPS) is 11.0. The number of carbonyl (C=O) groups is 1. The van der Waals surface area contributed by atoms with Gasteiger partial charge in [-0.15, -0.1) is 0 Å². The van der Waals surface area contributed by atoms with Crippen molar-refractivity contribution < 1.29 is 4.79 Å². The molecule has 2 amide bonds. The Kier molecular flexibility index (Phi) is 5.01. The van der Waals surface area contributed by atoms with Gasteiger partial charge >= 0.3 is 6.03 Å². The summed E-state index contributed by atoms with van der Waals surface area (Å²) in [6, 6.07) is 10.2. The highest BCUT2D eigenvalue weighted by molar-refractivity contribution is 5.74. The van der Waals surface area contributed by atoms with Gasteiger partial charge in [-0.2, -0.15) is 0 Å². The van der Waals surface area contributed by atoms with Crippen LogP contribution in [0.4, 0.5) is 4.79 Å². The van der Waals surface area contributed by atoms with Crippen LogP contribution in [0.2, 0.25) is 0 Å². The fourth-order valence-electron chi connectivity index (χ4n) is 1.52. The van der Waals surface area contributed by atoms with E-state index in [1.165, 1.54) is 5.56 Å². The Hall–Kier alpha value is -1.51. The van der Waals surface area contributed by atoms with Gasteiger partial charge in [-0.3, -0.25) is 0 Å². The molecule has 0 aromatic heterocycles. The number of carbonyl (C=O) groups excluding carboxylic acids is 1. The third-order valence-electron chi connectivity index (χ3n) is 2.26. The summed E-state index contributed by atoms with van der Waals surface area (Å²) in [5, 5.41) is 5.73. The van der Waals surface area contributed by atoms with Crippen molar-refractivity contribution in [2.45, 2.75) is 39.2 Å². The van der Waals surface area contributed by atoms with Crippen molar-refractivity contribution in [3.8, 4) is 0 Å². The number of nitrogens with one attached hydrogen (secondary N) is 2. The van der Waals surface area contributed by atoms with Crippen LogP contribution in [-0.2, 0) is 6.42 Å². The molecule has 3 nitrogen and oxygen atoms in total. The van der Waals surface area contributed by atoms with Gasteiger partial charge in [0, 0.05) is 12.1 Å². The molecule has 0 heterocycles. The van der Waals surface area contributed by atoms with Gasteiger partial charge in [0.05, 0.1) is 0 Å². The lowest BCUT2D eigenvalue weighted by Crippen LogP contribution is -2.46. The SMILES string of the molecule is CC(C)(C)NC(=O)NCCCc1ccccc1. The molecule has 17 heavy (non-hydrogen) atoms. The zero-order chi connectivity index (χ0) is 12.7. The summed E-state index contributed by atoms with van der Waals surface area (Å²) in [6.45, 7) is 6.61. The Morgan fingerprint density at radius 2 is 1.82 bits per heavy atom. The molecule has 3 heteroatoms. The number of hydrogen-bond donors (Lipinski definition) is 2. The number of amides is 2. The first-order chi connectivity index (χ1) is 7.97. The zero-order valence-electron chi connectivity index (χ0n) is 10.9. The summed E-state index contributed by atoms with van der Waals surface area (Å²) in [7, 11) is 0. The summed E-state index contributed by atoms with van der Waals surface area (Å²) in [6.07, 6.45) is 1.96. The number of hydrogen-bond acceptors (Lipinski definition) is 1. The van der Waals surface area contributed by atoms with E-state index in [0.29, 0.717) is 6.54 Å². The third-order valence-corrected chi connectivity index (χ3v) is 2.26. The highest BCUT2D eigenvalue weighted by Gasteiger charge is 2.12. The molecule has 0 radical (unpaired) electrons. The van der Waals surface area contributed by atoms with Crippen molar-refractivity contribution >= 4 is 6.03 Å². The lowest BCUT2D eigenvalue weighted by molar-refractivity contribution is 0.232. The van der Waals surface area contributed by atoms with Crippen LogP contribution in [0.1, 0.15) is 32.8 Å². The molecule has 0 fully saturated rings. The molecule has 0 saturated heterocycles. The second-order valence-corrected chi connectivity index (χ2v) is 5.22. The Labute approximate surface area is 104 Å². The van der Waals surface area contributed by atoms with Crippen molar-refractivity contribution in [2.75, 3.05) is 6.54 Å². The molecule has 94 valence electrons. The first-order valence-corrected chi connectivity index (χ1v) is 6.07. The molecular weight excluding hydrogens is 212 g/mol. The van der Waals surface area contributed by atoms with Gasteiger partial charge in [-0.05, 0) is 39.2 Å².